The van der Waals surface area contributed by atoms with Gasteiger partial charge in [0.05, 0.1) is 29.9 Å². The highest BCUT2D eigenvalue weighted by molar-refractivity contribution is 5.73. The molecular weight excluding hydrogens is 418 g/mol. The van der Waals surface area contributed by atoms with Crippen LogP contribution in [-0.4, -0.2) is 38.2 Å². The molecule has 1 aliphatic heterocycles. The third kappa shape index (κ3) is 3.61. The molecule has 0 bridgehead atoms. The molecule has 2 aromatic rings. The Hall–Kier alpha value is -2.46. The van der Waals surface area contributed by atoms with Crippen molar-refractivity contribution in [2.45, 2.75) is 69.1 Å². The lowest BCUT2D eigenvalue weighted by molar-refractivity contribution is -0.140. The molecule has 2 heterocycles. The molecule has 3 aliphatic rings. The molecule has 0 amide bonds. The summed E-state index contributed by atoms with van der Waals surface area (Å²) in [6, 6.07) is 0.857. The highest BCUT2D eigenvalue weighted by Gasteiger charge is 2.48. The van der Waals surface area contributed by atoms with Crippen molar-refractivity contribution >= 4 is 5.82 Å². The van der Waals surface area contributed by atoms with Crippen LogP contribution in [0.4, 0.5) is 23.4 Å². The first-order valence-electron chi connectivity index (χ1n) is 10.2. The van der Waals surface area contributed by atoms with Gasteiger partial charge in [-0.05, 0) is 49.8 Å². The topological polar surface area (TPSA) is 87.5 Å². The van der Waals surface area contributed by atoms with Crippen molar-refractivity contribution < 1.29 is 32.5 Å². The largest absolute Gasteiger partial charge is 0.507 e. The number of aliphatic hydroxyl groups excluding tert-OH is 1. The van der Waals surface area contributed by atoms with Gasteiger partial charge in [0.15, 0.2) is 5.82 Å². The van der Waals surface area contributed by atoms with Crippen molar-refractivity contribution in [1.82, 2.24) is 10.2 Å². The smallest absolute Gasteiger partial charge is 0.419 e. The van der Waals surface area contributed by atoms with Gasteiger partial charge in [-0.2, -0.15) is 13.2 Å². The van der Waals surface area contributed by atoms with E-state index in [0.717, 1.165) is 25.7 Å². The Kier molecular flexibility index (Phi) is 4.63. The molecule has 6 nitrogen and oxygen atoms in total. The number of nitrogens with zero attached hydrogens (tertiary/aromatic N) is 2. The molecule has 3 N–H and O–H groups in total. The van der Waals surface area contributed by atoms with Crippen LogP contribution in [0.1, 0.15) is 48.8 Å². The molecule has 2 aliphatic carbocycles. The van der Waals surface area contributed by atoms with Crippen molar-refractivity contribution in [3.63, 3.8) is 0 Å². The Balaban J connectivity index is 1.59. The summed E-state index contributed by atoms with van der Waals surface area (Å²) in [4.78, 5) is 0. The molecule has 0 unspecified atom stereocenters. The maximum absolute atomic E-state index is 14.3. The number of rotatable bonds is 3. The molecule has 0 radical (unpaired) electrons. The first kappa shape index (κ1) is 20.4. The fraction of sp³-hybridized carbons (Fsp3) is 0.524. The zero-order valence-electron chi connectivity index (χ0n) is 16.5. The molecule has 31 heavy (non-hydrogen) atoms. The Morgan fingerprint density at radius 1 is 1.13 bits per heavy atom. The molecule has 5 rings (SSSR count). The number of alkyl halides is 3. The number of ether oxygens (including phenoxy) is 1. The summed E-state index contributed by atoms with van der Waals surface area (Å²) in [5, 5.41) is 32.0. The summed E-state index contributed by atoms with van der Waals surface area (Å²) < 4.78 is 59.2. The van der Waals surface area contributed by atoms with Crippen LogP contribution >= 0.6 is 0 Å². The summed E-state index contributed by atoms with van der Waals surface area (Å²) in [6.45, 7) is 0.215. The van der Waals surface area contributed by atoms with Gasteiger partial charge < -0.3 is 20.3 Å². The predicted octanol–water partition coefficient (Wildman–Crippen LogP) is 3.94. The van der Waals surface area contributed by atoms with E-state index in [-0.39, 0.29) is 29.5 Å². The number of aromatic hydroxyl groups is 1. The number of aromatic nitrogens is 2. The fourth-order valence-corrected chi connectivity index (χ4v) is 4.50. The third-order valence-electron chi connectivity index (χ3n) is 6.46. The Labute approximate surface area is 175 Å². The second kappa shape index (κ2) is 7.03. The number of anilines is 1. The van der Waals surface area contributed by atoms with Gasteiger partial charge >= 0.3 is 6.18 Å². The van der Waals surface area contributed by atoms with E-state index >= 15 is 0 Å². The lowest BCUT2D eigenvalue weighted by atomic mass is 9.92. The second-order valence-electron chi connectivity index (χ2n) is 8.60. The summed E-state index contributed by atoms with van der Waals surface area (Å²) >= 11 is 0. The van der Waals surface area contributed by atoms with Gasteiger partial charge in [-0.15, -0.1) is 10.2 Å². The van der Waals surface area contributed by atoms with Gasteiger partial charge in [0.25, 0.3) is 0 Å². The molecule has 2 saturated carbocycles. The molecular formula is C21H21F4N3O3. The van der Waals surface area contributed by atoms with Crippen LogP contribution in [0.2, 0.25) is 0 Å². The first-order chi connectivity index (χ1) is 14.7. The molecule has 1 spiro atoms. The number of aliphatic hydroxyl groups is 1. The number of nitrogens with one attached hydrogen (secondary N) is 1. The number of phenolic OH excluding ortho intramolecular Hbond substituents is 1. The highest BCUT2D eigenvalue weighted by Crippen LogP contribution is 2.50. The number of fused-ring (bicyclic) bond motifs is 1. The lowest BCUT2D eigenvalue weighted by Gasteiger charge is -2.29. The molecule has 1 aromatic heterocycles. The molecule has 1 aromatic carbocycles. The van der Waals surface area contributed by atoms with E-state index in [4.69, 9.17) is 4.74 Å². The second-order valence-corrected chi connectivity index (χ2v) is 8.60. The lowest BCUT2D eigenvalue weighted by Crippen LogP contribution is -2.31. The van der Waals surface area contributed by atoms with Crippen molar-refractivity contribution in [2.75, 3.05) is 5.32 Å². The monoisotopic (exact) mass is 439 g/mol. The number of hydrogen-bond donors (Lipinski definition) is 3. The van der Waals surface area contributed by atoms with Gasteiger partial charge in [-0.3, -0.25) is 0 Å². The Morgan fingerprint density at radius 3 is 2.55 bits per heavy atom. The van der Waals surface area contributed by atoms with Gasteiger partial charge in [0, 0.05) is 17.5 Å². The molecule has 10 heteroatoms. The van der Waals surface area contributed by atoms with E-state index in [0.29, 0.717) is 41.9 Å². The minimum Gasteiger partial charge on any atom is -0.507 e. The van der Waals surface area contributed by atoms with Crippen molar-refractivity contribution in [3.05, 3.63) is 34.6 Å². The van der Waals surface area contributed by atoms with E-state index in [1.165, 1.54) is 0 Å². The molecule has 166 valence electrons. The van der Waals surface area contributed by atoms with Gasteiger partial charge in [-0.25, -0.2) is 4.39 Å². The Morgan fingerprint density at radius 2 is 1.90 bits per heavy atom. The van der Waals surface area contributed by atoms with Crippen molar-refractivity contribution in [2.24, 2.45) is 0 Å². The number of hydrogen-bond acceptors (Lipinski definition) is 6. The maximum atomic E-state index is 14.3. The van der Waals surface area contributed by atoms with Crippen LogP contribution in [0, 0.1) is 5.82 Å². The van der Waals surface area contributed by atoms with Crippen LogP contribution in [0.5, 0.6) is 5.75 Å². The van der Waals surface area contributed by atoms with E-state index in [1.54, 1.807) is 0 Å². The number of phenols is 1. The van der Waals surface area contributed by atoms with Crippen LogP contribution in [-0.2, 0) is 23.9 Å². The minimum absolute atomic E-state index is 0.139. The van der Waals surface area contributed by atoms with E-state index in [2.05, 4.69) is 15.5 Å². The van der Waals surface area contributed by atoms with Crippen molar-refractivity contribution in [3.8, 4) is 17.0 Å². The standard InChI is InChI=1S/C21H21F4N3O3/c22-14-6-10(17(30)7-13(14)21(23,24)25)18-11-8-20(4-5-20)31-9-12(11)19(28-27-18)26-15-2-1-3-16(15)29/h6-7,15-16,29-30H,1-5,8-9H2,(H,26,28)/t15-,16-/m1/s1. The summed E-state index contributed by atoms with van der Waals surface area (Å²) in [5.74, 6) is -1.76. The third-order valence-corrected chi connectivity index (χ3v) is 6.46. The van der Waals surface area contributed by atoms with Crippen LogP contribution in [0.15, 0.2) is 12.1 Å². The fourth-order valence-electron chi connectivity index (χ4n) is 4.50. The van der Waals surface area contributed by atoms with Gasteiger partial charge in [0.1, 0.15) is 17.3 Å². The average Bonchev–Trinajstić information content (AvgIpc) is 3.33. The van der Waals surface area contributed by atoms with Crippen LogP contribution in [0.25, 0.3) is 11.3 Å². The van der Waals surface area contributed by atoms with Gasteiger partial charge in [-0.1, -0.05) is 0 Å². The Bertz CT molecular complexity index is 1040. The molecule has 2 atom stereocenters. The first-order valence-corrected chi connectivity index (χ1v) is 10.2. The van der Waals surface area contributed by atoms with Crippen LogP contribution < -0.4 is 5.32 Å². The van der Waals surface area contributed by atoms with Crippen LogP contribution in [0.3, 0.4) is 0 Å². The summed E-state index contributed by atoms with van der Waals surface area (Å²) in [7, 11) is 0. The highest BCUT2D eigenvalue weighted by atomic mass is 19.4. The normalized spacial score (nSPS) is 24.3. The van der Waals surface area contributed by atoms with E-state index < -0.39 is 29.4 Å². The molecule has 0 saturated heterocycles. The zero-order valence-corrected chi connectivity index (χ0v) is 16.5. The van der Waals surface area contributed by atoms with Crippen molar-refractivity contribution in [1.29, 1.82) is 0 Å². The number of halogens is 4. The molecule has 2 fully saturated rings. The quantitative estimate of drug-likeness (QED) is 0.628. The van der Waals surface area contributed by atoms with Gasteiger partial charge in [0.2, 0.25) is 0 Å². The predicted molar refractivity (Wildman–Crippen MR) is 102 cm³/mol. The van der Waals surface area contributed by atoms with E-state index in [9.17, 15) is 27.8 Å². The average molecular weight is 439 g/mol. The minimum atomic E-state index is -4.92. The summed E-state index contributed by atoms with van der Waals surface area (Å²) in [6.07, 6.45) is -0.977. The SMILES string of the molecule is Oc1cc(C(F)(F)F)c(F)cc1-c1nnc(N[C@@H]2CCC[C@H]2O)c2c1CC1(CC1)OC2. The maximum Gasteiger partial charge on any atom is 0.419 e. The number of benzene rings is 1. The van der Waals surface area contributed by atoms with E-state index in [1.807, 2.05) is 0 Å². The summed E-state index contributed by atoms with van der Waals surface area (Å²) in [5.41, 5.74) is -0.545. The zero-order chi connectivity index (χ0) is 22.0.